The van der Waals surface area contributed by atoms with Gasteiger partial charge in [-0.25, -0.2) is 0 Å². The lowest BCUT2D eigenvalue weighted by molar-refractivity contribution is -0.274. The van der Waals surface area contributed by atoms with Crippen LogP contribution in [0.2, 0.25) is 0 Å². The number of nitrogens with two attached hydrogens (primary N) is 1. The van der Waals surface area contributed by atoms with Gasteiger partial charge in [0, 0.05) is 18.2 Å². The van der Waals surface area contributed by atoms with Crippen molar-refractivity contribution in [2.24, 2.45) is 5.73 Å². The summed E-state index contributed by atoms with van der Waals surface area (Å²) in [6.07, 6.45) is -2.99. The molecule has 0 aromatic heterocycles. The van der Waals surface area contributed by atoms with Crippen molar-refractivity contribution in [3.05, 3.63) is 24.3 Å². The summed E-state index contributed by atoms with van der Waals surface area (Å²) in [4.78, 5) is 11.5. The highest BCUT2D eigenvalue weighted by atomic mass is 19.4. The second kappa shape index (κ2) is 7.14. The van der Waals surface area contributed by atoms with Crippen molar-refractivity contribution < 1.29 is 22.7 Å². The minimum atomic E-state index is -4.72. The fourth-order valence-corrected chi connectivity index (χ4v) is 1.55. The molecule has 0 bridgehead atoms. The third kappa shape index (κ3) is 6.98. The third-order valence-corrected chi connectivity index (χ3v) is 2.43. The van der Waals surface area contributed by atoms with Gasteiger partial charge in [-0.1, -0.05) is 0 Å². The molecule has 0 aliphatic heterocycles. The molecule has 0 heterocycles. The van der Waals surface area contributed by atoms with Crippen molar-refractivity contribution in [2.75, 3.05) is 5.32 Å². The van der Waals surface area contributed by atoms with Crippen LogP contribution in [0.3, 0.4) is 0 Å². The van der Waals surface area contributed by atoms with E-state index in [1.165, 1.54) is 12.1 Å². The second-order valence-corrected chi connectivity index (χ2v) is 4.49. The zero-order chi connectivity index (χ0) is 15.2. The highest BCUT2D eigenvalue weighted by Gasteiger charge is 2.30. The summed E-state index contributed by atoms with van der Waals surface area (Å²) in [6.45, 7) is 1.86. The molecule has 1 aromatic rings. The Labute approximate surface area is 115 Å². The Balaban J connectivity index is 2.43. The van der Waals surface area contributed by atoms with Gasteiger partial charge in [0.05, 0.1) is 0 Å². The summed E-state index contributed by atoms with van der Waals surface area (Å²) in [5.74, 6) is -0.525. The molecule has 0 spiro atoms. The molecule has 1 aromatic carbocycles. The van der Waals surface area contributed by atoms with Crippen molar-refractivity contribution in [3.8, 4) is 5.75 Å². The minimum absolute atomic E-state index is 0.0431. The maximum Gasteiger partial charge on any atom is 0.573 e. The van der Waals surface area contributed by atoms with E-state index >= 15 is 0 Å². The first-order valence-electron chi connectivity index (χ1n) is 6.17. The minimum Gasteiger partial charge on any atom is -0.406 e. The Hall–Kier alpha value is -1.76. The maximum absolute atomic E-state index is 12.0. The van der Waals surface area contributed by atoms with E-state index in [0.717, 1.165) is 18.6 Å². The molecule has 3 N–H and O–H groups in total. The first kappa shape index (κ1) is 16.3. The summed E-state index contributed by atoms with van der Waals surface area (Å²) in [6, 6.07) is 5.03. The number of alkyl halides is 3. The number of carbonyl (C=O) groups is 1. The molecule has 7 heteroatoms. The average molecular weight is 290 g/mol. The van der Waals surface area contributed by atoms with Gasteiger partial charge < -0.3 is 15.8 Å². The standard InChI is InChI=1S/C13H17F3N2O2/c1-9(17)3-2-4-12(19)18-10-5-7-11(8-6-10)20-13(14,15)16/h5-9H,2-4,17H2,1H3,(H,18,19). The summed E-state index contributed by atoms with van der Waals surface area (Å²) in [5, 5.41) is 2.59. The topological polar surface area (TPSA) is 64.4 Å². The van der Waals surface area contributed by atoms with Crippen LogP contribution in [0, 0.1) is 0 Å². The summed E-state index contributed by atoms with van der Waals surface area (Å²) < 4.78 is 39.6. The van der Waals surface area contributed by atoms with Crippen molar-refractivity contribution in [1.29, 1.82) is 0 Å². The summed E-state index contributed by atoms with van der Waals surface area (Å²) in [5.41, 5.74) is 5.98. The molecule has 0 saturated heterocycles. The van der Waals surface area contributed by atoms with E-state index in [4.69, 9.17) is 5.73 Å². The van der Waals surface area contributed by atoms with Crippen LogP contribution in [0.25, 0.3) is 0 Å². The maximum atomic E-state index is 12.0. The van der Waals surface area contributed by atoms with Gasteiger partial charge in [0.1, 0.15) is 5.75 Å². The summed E-state index contributed by atoms with van der Waals surface area (Å²) >= 11 is 0. The van der Waals surface area contributed by atoms with Gasteiger partial charge in [-0.2, -0.15) is 0 Å². The van der Waals surface area contributed by atoms with E-state index in [0.29, 0.717) is 18.5 Å². The van der Waals surface area contributed by atoms with Crippen LogP contribution in [0.15, 0.2) is 24.3 Å². The molecule has 1 amide bonds. The normalized spacial score (nSPS) is 12.8. The Bertz CT molecular complexity index is 430. The first-order chi connectivity index (χ1) is 9.26. The van der Waals surface area contributed by atoms with Crippen molar-refractivity contribution in [2.45, 2.75) is 38.6 Å². The zero-order valence-corrected chi connectivity index (χ0v) is 11.0. The first-order valence-corrected chi connectivity index (χ1v) is 6.17. The van der Waals surface area contributed by atoms with Crippen LogP contribution in [0.5, 0.6) is 5.75 Å². The highest BCUT2D eigenvalue weighted by Crippen LogP contribution is 2.23. The number of ether oxygens (including phenoxy) is 1. The van der Waals surface area contributed by atoms with E-state index in [2.05, 4.69) is 10.1 Å². The molecule has 1 unspecified atom stereocenters. The molecule has 112 valence electrons. The monoisotopic (exact) mass is 290 g/mol. The Morgan fingerprint density at radius 3 is 2.45 bits per heavy atom. The molecule has 4 nitrogen and oxygen atoms in total. The number of hydrogen-bond acceptors (Lipinski definition) is 3. The number of anilines is 1. The molecule has 0 aliphatic rings. The average Bonchev–Trinajstić information content (AvgIpc) is 2.29. The largest absolute Gasteiger partial charge is 0.573 e. The van der Waals surface area contributed by atoms with Crippen LogP contribution in [-0.2, 0) is 4.79 Å². The van der Waals surface area contributed by atoms with E-state index in [9.17, 15) is 18.0 Å². The molecule has 0 saturated carbocycles. The van der Waals surface area contributed by atoms with E-state index in [1.807, 2.05) is 6.92 Å². The molecule has 20 heavy (non-hydrogen) atoms. The van der Waals surface area contributed by atoms with E-state index in [-0.39, 0.29) is 17.7 Å². The number of benzene rings is 1. The quantitative estimate of drug-likeness (QED) is 0.846. The van der Waals surface area contributed by atoms with Gasteiger partial charge in [-0.3, -0.25) is 4.79 Å². The van der Waals surface area contributed by atoms with E-state index in [1.54, 1.807) is 0 Å². The van der Waals surface area contributed by atoms with Gasteiger partial charge in [0.2, 0.25) is 5.91 Å². The number of rotatable bonds is 6. The number of nitrogens with one attached hydrogen (secondary N) is 1. The molecular formula is C13H17F3N2O2. The number of amides is 1. The SMILES string of the molecule is CC(N)CCCC(=O)Nc1ccc(OC(F)(F)F)cc1. The number of carbonyl (C=O) groups excluding carboxylic acids is 1. The number of hydrogen-bond donors (Lipinski definition) is 2. The second-order valence-electron chi connectivity index (χ2n) is 4.49. The highest BCUT2D eigenvalue weighted by molar-refractivity contribution is 5.90. The predicted molar refractivity (Wildman–Crippen MR) is 69.3 cm³/mol. The van der Waals surface area contributed by atoms with E-state index < -0.39 is 6.36 Å². The molecule has 0 radical (unpaired) electrons. The molecular weight excluding hydrogens is 273 g/mol. The van der Waals surface area contributed by atoms with Crippen molar-refractivity contribution in [3.63, 3.8) is 0 Å². The van der Waals surface area contributed by atoms with Crippen LogP contribution in [-0.4, -0.2) is 18.3 Å². The van der Waals surface area contributed by atoms with Crippen molar-refractivity contribution in [1.82, 2.24) is 0 Å². The summed E-state index contributed by atoms with van der Waals surface area (Å²) in [7, 11) is 0. The van der Waals surface area contributed by atoms with Crippen LogP contribution >= 0.6 is 0 Å². The molecule has 0 aliphatic carbocycles. The van der Waals surface area contributed by atoms with Gasteiger partial charge in [-0.05, 0) is 44.0 Å². The van der Waals surface area contributed by atoms with Crippen LogP contribution < -0.4 is 15.8 Å². The van der Waals surface area contributed by atoms with Gasteiger partial charge in [0.15, 0.2) is 0 Å². The lowest BCUT2D eigenvalue weighted by Gasteiger charge is -2.10. The molecule has 1 rings (SSSR count). The fourth-order valence-electron chi connectivity index (χ4n) is 1.55. The van der Waals surface area contributed by atoms with Crippen LogP contribution in [0.4, 0.5) is 18.9 Å². The Morgan fingerprint density at radius 2 is 1.95 bits per heavy atom. The Morgan fingerprint density at radius 1 is 1.35 bits per heavy atom. The van der Waals surface area contributed by atoms with Crippen molar-refractivity contribution >= 4 is 11.6 Å². The smallest absolute Gasteiger partial charge is 0.406 e. The van der Waals surface area contributed by atoms with Gasteiger partial charge in [-0.15, -0.1) is 13.2 Å². The molecule has 0 fully saturated rings. The Kier molecular flexibility index (Phi) is 5.82. The van der Waals surface area contributed by atoms with Gasteiger partial charge >= 0.3 is 6.36 Å². The lowest BCUT2D eigenvalue weighted by atomic mass is 10.1. The van der Waals surface area contributed by atoms with Gasteiger partial charge in [0.25, 0.3) is 0 Å². The molecule has 1 atom stereocenters. The fraction of sp³-hybridized carbons (Fsp3) is 0.462. The number of halogens is 3. The predicted octanol–water partition coefficient (Wildman–Crippen LogP) is 3.04. The third-order valence-electron chi connectivity index (χ3n) is 2.43. The lowest BCUT2D eigenvalue weighted by Crippen LogP contribution is -2.17. The zero-order valence-electron chi connectivity index (χ0n) is 11.0. The van der Waals surface area contributed by atoms with Crippen LogP contribution in [0.1, 0.15) is 26.2 Å².